The molecule has 2 amide bonds. The minimum atomic E-state index is -0.392. The Morgan fingerprint density at radius 2 is 1.56 bits per heavy atom. The van der Waals surface area contributed by atoms with Crippen molar-refractivity contribution < 1.29 is 9.59 Å². The molecule has 4 aromatic rings. The number of likely N-dealkylation sites (tertiary alicyclic amines) is 1. The van der Waals surface area contributed by atoms with Crippen LogP contribution in [0.3, 0.4) is 0 Å². The molecule has 0 atom stereocenters. The zero-order chi connectivity index (χ0) is 23.5. The van der Waals surface area contributed by atoms with Gasteiger partial charge in [0.05, 0.1) is 11.1 Å². The van der Waals surface area contributed by atoms with Crippen molar-refractivity contribution in [3.63, 3.8) is 0 Å². The Morgan fingerprint density at radius 3 is 2.32 bits per heavy atom. The number of rotatable bonds is 5. The fourth-order valence-electron chi connectivity index (χ4n) is 4.28. The lowest BCUT2D eigenvalue weighted by atomic mass is 10.1. The molecule has 0 aliphatic carbocycles. The van der Waals surface area contributed by atoms with Crippen LogP contribution in [0.1, 0.15) is 39.3 Å². The number of carbonyl (C=O) groups is 2. The normalized spacial score (nSPS) is 13.2. The highest BCUT2D eigenvalue weighted by Crippen LogP contribution is 2.17. The molecule has 0 saturated carbocycles. The first kappa shape index (κ1) is 21.6. The minimum Gasteiger partial charge on any atom is -0.347 e. The lowest BCUT2D eigenvalue weighted by Gasteiger charge is -2.16. The Bertz CT molecular complexity index is 1420. The Kier molecular flexibility index (Phi) is 5.91. The Morgan fingerprint density at radius 1 is 0.853 bits per heavy atom. The fraction of sp³-hybridized carbons (Fsp3) is 0.185. The molecule has 1 saturated heterocycles. The van der Waals surface area contributed by atoms with Crippen LogP contribution in [0, 0.1) is 0 Å². The third-order valence-corrected chi connectivity index (χ3v) is 6.04. The second-order valence-corrected chi connectivity index (χ2v) is 8.33. The molecule has 1 aliphatic heterocycles. The van der Waals surface area contributed by atoms with Gasteiger partial charge < -0.3 is 10.2 Å². The average Bonchev–Trinajstić information content (AvgIpc) is 3.43. The van der Waals surface area contributed by atoms with Crippen molar-refractivity contribution in [2.45, 2.75) is 19.4 Å². The average molecular weight is 453 g/mol. The Balaban J connectivity index is 1.42. The van der Waals surface area contributed by atoms with Gasteiger partial charge >= 0.3 is 0 Å². The minimum absolute atomic E-state index is 0.0216. The molecule has 170 valence electrons. The number of nitrogens with zero attached hydrogens (tertiary/aromatic N) is 3. The third-order valence-electron chi connectivity index (χ3n) is 6.04. The van der Waals surface area contributed by atoms with Crippen LogP contribution in [0.4, 0.5) is 0 Å². The SMILES string of the molecule is O=C(NCc1cccc(C(=O)N2CCCC2)c1)c1nn(-c2ccccc2)c(=O)c2ccccc12. The van der Waals surface area contributed by atoms with Crippen molar-refractivity contribution in [1.29, 1.82) is 0 Å². The Hall–Kier alpha value is -4.26. The predicted molar refractivity (Wildman–Crippen MR) is 130 cm³/mol. The van der Waals surface area contributed by atoms with E-state index in [9.17, 15) is 14.4 Å². The number of nitrogens with one attached hydrogen (secondary N) is 1. The summed E-state index contributed by atoms with van der Waals surface area (Å²) in [4.78, 5) is 40.8. The molecule has 3 aromatic carbocycles. The van der Waals surface area contributed by atoms with Crippen LogP contribution >= 0.6 is 0 Å². The number of hydrogen-bond acceptors (Lipinski definition) is 4. The largest absolute Gasteiger partial charge is 0.347 e. The lowest BCUT2D eigenvalue weighted by Crippen LogP contribution is -2.30. The van der Waals surface area contributed by atoms with Gasteiger partial charge in [0.2, 0.25) is 0 Å². The molecule has 1 fully saturated rings. The Labute approximate surface area is 196 Å². The number of fused-ring (bicyclic) bond motifs is 1. The maximum Gasteiger partial charge on any atom is 0.279 e. The number of hydrogen-bond donors (Lipinski definition) is 1. The zero-order valence-electron chi connectivity index (χ0n) is 18.6. The van der Waals surface area contributed by atoms with E-state index in [4.69, 9.17) is 0 Å². The van der Waals surface area contributed by atoms with Crippen LogP contribution in [0.2, 0.25) is 0 Å². The van der Waals surface area contributed by atoms with Crippen LogP contribution in [0.15, 0.2) is 83.7 Å². The molecular weight excluding hydrogens is 428 g/mol. The molecule has 7 nitrogen and oxygen atoms in total. The zero-order valence-corrected chi connectivity index (χ0v) is 18.6. The number of amides is 2. The maximum atomic E-state index is 13.2. The van der Waals surface area contributed by atoms with Crippen LogP contribution < -0.4 is 10.9 Å². The highest BCUT2D eigenvalue weighted by Gasteiger charge is 2.20. The molecule has 0 bridgehead atoms. The van der Waals surface area contributed by atoms with Crippen LogP contribution in [-0.4, -0.2) is 39.6 Å². The molecule has 1 aromatic heterocycles. The van der Waals surface area contributed by atoms with Gasteiger partial charge in [-0.05, 0) is 48.7 Å². The van der Waals surface area contributed by atoms with Crippen molar-refractivity contribution in [2.75, 3.05) is 13.1 Å². The molecule has 0 spiro atoms. The van der Waals surface area contributed by atoms with Gasteiger partial charge in [-0.15, -0.1) is 0 Å². The van der Waals surface area contributed by atoms with Gasteiger partial charge in [-0.2, -0.15) is 9.78 Å². The summed E-state index contributed by atoms with van der Waals surface area (Å²) < 4.78 is 1.26. The van der Waals surface area contributed by atoms with Crippen LogP contribution in [0.5, 0.6) is 0 Å². The van der Waals surface area contributed by atoms with E-state index in [-0.39, 0.29) is 23.7 Å². The number of aromatic nitrogens is 2. The van der Waals surface area contributed by atoms with Gasteiger partial charge in [0.25, 0.3) is 17.4 Å². The summed E-state index contributed by atoms with van der Waals surface area (Å²) in [5.41, 5.74) is 1.91. The van der Waals surface area contributed by atoms with E-state index in [1.54, 1.807) is 42.5 Å². The van der Waals surface area contributed by atoms with Crippen molar-refractivity contribution in [2.24, 2.45) is 0 Å². The van der Waals surface area contributed by atoms with E-state index in [2.05, 4.69) is 10.4 Å². The number of carbonyl (C=O) groups excluding carboxylic acids is 2. The summed E-state index contributed by atoms with van der Waals surface area (Å²) in [6, 6.07) is 23.3. The number of para-hydroxylation sites is 1. The van der Waals surface area contributed by atoms with Gasteiger partial charge in [0.15, 0.2) is 5.69 Å². The van der Waals surface area contributed by atoms with Gasteiger partial charge in [-0.1, -0.05) is 48.5 Å². The highest BCUT2D eigenvalue weighted by atomic mass is 16.2. The van der Waals surface area contributed by atoms with E-state index >= 15 is 0 Å². The van der Waals surface area contributed by atoms with E-state index in [1.165, 1.54) is 4.68 Å². The van der Waals surface area contributed by atoms with Crippen molar-refractivity contribution in [3.05, 3.63) is 106 Å². The van der Waals surface area contributed by atoms with E-state index in [0.717, 1.165) is 31.5 Å². The first-order valence-corrected chi connectivity index (χ1v) is 11.4. The van der Waals surface area contributed by atoms with Crippen LogP contribution in [-0.2, 0) is 6.54 Å². The molecule has 34 heavy (non-hydrogen) atoms. The molecule has 5 rings (SSSR count). The van der Waals surface area contributed by atoms with Gasteiger partial charge in [0, 0.05) is 30.6 Å². The molecular formula is C27H24N4O3. The van der Waals surface area contributed by atoms with Crippen molar-refractivity contribution in [1.82, 2.24) is 20.0 Å². The van der Waals surface area contributed by atoms with E-state index in [0.29, 0.717) is 22.0 Å². The van der Waals surface area contributed by atoms with Gasteiger partial charge in [0.1, 0.15) is 0 Å². The summed E-state index contributed by atoms with van der Waals surface area (Å²) in [6.07, 6.45) is 2.07. The summed E-state index contributed by atoms with van der Waals surface area (Å²) in [5, 5.41) is 8.23. The second-order valence-electron chi connectivity index (χ2n) is 8.33. The van der Waals surface area contributed by atoms with Crippen LogP contribution in [0.25, 0.3) is 16.5 Å². The highest BCUT2D eigenvalue weighted by molar-refractivity contribution is 6.04. The first-order valence-electron chi connectivity index (χ1n) is 11.4. The second kappa shape index (κ2) is 9.31. The number of benzene rings is 3. The smallest absolute Gasteiger partial charge is 0.279 e. The van der Waals surface area contributed by atoms with Crippen molar-refractivity contribution in [3.8, 4) is 5.69 Å². The quantitative estimate of drug-likeness (QED) is 0.502. The summed E-state index contributed by atoms with van der Waals surface area (Å²) in [5.74, 6) is -0.370. The first-order chi connectivity index (χ1) is 16.6. The topological polar surface area (TPSA) is 84.3 Å². The monoisotopic (exact) mass is 452 g/mol. The van der Waals surface area contributed by atoms with E-state index < -0.39 is 5.91 Å². The summed E-state index contributed by atoms with van der Waals surface area (Å²) in [7, 11) is 0. The van der Waals surface area contributed by atoms with Gasteiger partial charge in [-0.3, -0.25) is 14.4 Å². The molecule has 2 heterocycles. The van der Waals surface area contributed by atoms with Gasteiger partial charge in [-0.25, -0.2) is 0 Å². The van der Waals surface area contributed by atoms with E-state index in [1.807, 2.05) is 41.3 Å². The molecule has 1 N–H and O–H groups in total. The molecule has 0 unspecified atom stereocenters. The third kappa shape index (κ3) is 4.20. The lowest BCUT2D eigenvalue weighted by molar-refractivity contribution is 0.0792. The van der Waals surface area contributed by atoms with Crippen molar-refractivity contribution >= 4 is 22.6 Å². The molecule has 1 aliphatic rings. The standard InChI is InChI=1S/C27H24N4O3/c32-25(28-18-19-9-8-10-20(17-19)26(33)30-15-6-7-16-30)24-22-13-4-5-14-23(22)27(34)31(29-24)21-11-2-1-3-12-21/h1-5,8-14,17H,6-7,15-16,18H2,(H,28,32). The predicted octanol–water partition coefficient (Wildman–Crippen LogP) is 3.55. The maximum absolute atomic E-state index is 13.2. The molecule has 0 radical (unpaired) electrons. The fourth-order valence-corrected chi connectivity index (χ4v) is 4.28. The summed E-state index contributed by atoms with van der Waals surface area (Å²) >= 11 is 0. The summed E-state index contributed by atoms with van der Waals surface area (Å²) in [6.45, 7) is 1.81. The molecule has 7 heteroatoms.